The van der Waals surface area contributed by atoms with Crippen molar-refractivity contribution < 1.29 is 14.7 Å². The van der Waals surface area contributed by atoms with Gasteiger partial charge in [0.1, 0.15) is 0 Å². The fraction of sp³-hybridized carbons (Fsp3) is 0.200. The van der Waals surface area contributed by atoms with Crippen LogP contribution in [0, 0.1) is 0 Å². The summed E-state index contributed by atoms with van der Waals surface area (Å²) in [5, 5.41) is 8.75. The Hall–Kier alpha value is -2.80. The molecule has 7 heteroatoms. The highest BCUT2D eigenvalue weighted by molar-refractivity contribution is 5.84. The number of carbonyl (C=O) groups excluding carboxylic acids is 1. The van der Waals surface area contributed by atoms with E-state index in [1.807, 2.05) is 24.3 Å². The Bertz CT molecular complexity index is 653. The highest BCUT2D eigenvalue weighted by Gasteiger charge is 2.05. The molecule has 22 heavy (non-hydrogen) atoms. The van der Waals surface area contributed by atoms with Gasteiger partial charge in [-0.1, -0.05) is 24.3 Å². The lowest BCUT2D eigenvalue weighted by atomic mass is 10.0. The zero-order chi connectivity index (χ0) is 15.9. The summed E-state index contributed by atoms with van der Waals surface area (Å²) in [5.41, 5.74) is 4.75. The van der Waals surface area contributed by atoms with E-state index >= 15 is 0 Å². The molecule has 4 N–H and O–H groups in total. The first-order valence-corrected chi connectivity index (χ1v) is 6.70. The first-order valence-electron chi connectivity index (χ1n) is 6.70. The van der Waals surface area contributed by atoms with E-state index in [0.717, 1.165) is 23.2 Å². The number of aromatic carboxylic acids is 1. The van der Waals surface area contributed by atoms with Crippen molar-refractivity contribution in [1.29, 1.82) is 0 Å². The molecule has 1 aromatic heterocycles. The molecule has 0 unspecified atom stereocenters. The molecule has 1 amide bonds. The van der Waals surface area contributed by atoms with Gasteiger partial charge in [0.25, 0.3) is 0 Å². The molecule has 0 aliphatic rings. The molecule has 0 saturated carbocycles. The van der Waals surface area contributed by atoms with Gasteiger partial charge in [0.2, 0.25) is 5.91 Å². The van der Waals surface area contributed by atoms with E-state index in [-0.39, 0.29) is 18.0 Å². The zero-order valence-electron chi connectivity index (χ0n) is 11.8. The minimum atomic E-state index is -1.09. The molecule has 0 spiro atoms. The molecule has 0 aliphatic carbocycles. The van der Waals surface area contributed by atoms with Gasteiger partial charge in [-0.3, -0.25) is 15.2 Å². The Morgan fingerprint density at radius 1 is 1.05 bits per heavy atom. The number of nitrogens with zero attached hydrogens (tertiary/aromatic N) is 2. The van der Waals surface area contributed by atoms with Crippen LogP contribution in [-0.4, -0.2) is 27.0 Å². The van der Waals surface area contributed by atoms with Crippen molar-refractivity contribution in [2.45, 2.75) is 19.3 Å². The summed E-state index contributed by atoms with van der Waals surface area (Å²) in [6, 6.07) is 7.64. The molecule has 7 nitrogen and oxygen atoms in total. The van der Waals surface area contributed by atoms with Crippen LogP contribution in [0.15, 0.2) is 36.7 Å². The summed E-state index contributed by atoms with van der Waals surface area (Å²) >= 11 is 0. The molecular formula is C15H16N4O3. The standard InChI is InChI=1S/C15H16N4O3/c16-19-14(20)7-11-3-1-10(2-4-11)5-6-12-8-18-13(9-17-12)15(21)22/h1-4,8-9H,5-7,16H2,(H,19,20)(H,21,22). The monoisotopic (exact) mass is 300 g/mol. The van der Waals surface area contributed by atoms with Gasteiger partial charge < -0.3 is 5.11 Å². The number of aromatic nitrogens is 2. The topological polar surface area (TPSA) is 118 Å². The van der Waals surface area contributed by atoms with Gasteiger partial charge in [-0.05, 0) is 24.0 Å². The van der Waals surface area contributed by atoms with Crippen molar-refractivity contribution in [3.8, 4) is 0 Å². The number of carboxylic acid groups (broad SMARTS) is 1. The summed E-state index contributed by atoms with van der Waals surface area (Å²) in [6.45, 7) is 0. The van der Waals surface area contributed by atoms with Gasteiger partial charge in [-0.2, -0.15) is 0 Å². The third-order valence-corrected chi connectivity index (χ3v) is 3.14. The molecule has 0 saturated heterocycles. The van der Waals surface area contributed by atoms with Crippen molar-refractivity contribution in [2.24, 2.45) is 5.84 Å². The molecular weight excluding hydrogens is 284 g/mol. The number of rotatable bonds is 6. The number of aryl methyl sites for hydroxylation is 2. The van der Waals surface area contributed by atoms with Crippen LogP contribution in [0.4, 0.5) is 0 Å². The van der Waals surface area contributed by atoms with Gasteiger partial charge in [0, 0.05) is 6.20 Å². The van der Waals surface area contributed by atoms with Crippen LogP contribution in [0.1, 0.15) is 27.3 Å². The van der Waals surface area contributed by atoms with E-state index in [1.165, 1.54) is 12.4 Å². The van der Waals surface area contributed by atoms with E-state index < -0.39 is 5.97 Å². The number of hydrogen-bond acceptors (Lipinski definition) is 5. The molecule has 2 aromatic rings. The van der Waals surface area contributed by atoms with Crippen molar-refractivity contribution in [3.05, 3.63) is 59.2 Å². The minimum absolute atomic E-state index is 0.0636. The summed E-state index contributed by atoms with van der Waals surface area (Å²) in [5.74, 6) is 3.72. The van der Waals surface area contributed by atoms with Crippen molar-refractivity contribution in [2.75, 3.05) is 0 Å². The van der Waals surface area contributed by atoms with E-state index in [0.29, 0.717) is 6.42 Å². The van der Waals surface area contributed by atoms with Crippen LogP contribution in [-0.2, 0) is 24.1 Å². The number of carboxylic acids is 1. The summed E-state index contributed by atoms with van der Waals surface area (Å²) in [6.07, 6.45) is 4.40. The fourth-order valence-corrected chi connectivity index (χ4v) is 1.93. The van der Waals surface area contributed by atoms with Crippen molar-refractivity contribution in [3.63, 3.8) is 0 Å². The second kappa shape index (κ2) is 7.28. The molecule has 114 valence electrons. The number of nitrogens with two attached hydrogens (primary N) is 1. The normalized spacial score (nSPS) is 10.2. The Kier molecular flexibility index (Phi) is 5.16. The lowest BCUT2D eigenvalue weighted by molar-refractivity contribution is -0.120. The number of benzene rings is 1. The summed E-state index contributed by atoms with van der Waals surface area (Å²) < 4.78 is 0. The third kappa shape index (κ3) is 4.35. The largest absolute Gasteiger partial charge is 0.476 e. The summed E-state index contributed by atoms with van der Waals surface area (Å²) in [4.78, 5) is 29.7. The highest BCUT2D eigenvalue weighted by Crippen LogP contribution is 2.08. The van der Waals surface area contributed by atoms with Crippen LogP contribution < -0.4 is 11.3 Å². The fourth-order valence-electron chi connectivity index (χ4n) is 1.93. The van der Waals surface area contributed by atoms with E-state index in [1.54, 1.807) is 0 Å². The molecule has 1 aromatic carbocycles. The van der Waals surface area contributed by atoms with Gasteiger partial charge in [0.15, 0.2) is 5.69 Å². The second-order valence-corrected chi connectivity index (χ2v) is 4.76. The Labute approximate surface area is 127 Å². The van der Waals surface area contributed by atoms with Crippen molar-refractivity contribution >= 4 is 11.9 Å². The molecule has 2 rings (SSSR count). The zero-order valence-corrected chi connectivity index (χ0v) is 11.8. The number of nitrogens with one attached hydrogen (secondary N) is 1. The lowest BCUT2D eigenvalue weighted by Crippen LogP contribution is -2.31. The lowest BCUT2D eigenvalue weighted by Gasteiger charge is -2.04. The molecule has 0 aliphatic heterocycles. The summed E-state index contributed by atoms with van der Waals surface area (Å²) in [7, 11) is 0. The smallest absolute Gasteiger partial charge is 0.356 e. The number of amides is 1. The van der Waals surface area contributed by atoms with E-state index in [9.17, 15) is 9.59 Å². The third-order valence-electron chi connectivity index (χ3n) is 3.14. The van der Waals surface area contributed by atoms with Crippen LogP contribution in [0.3, 0.4) is 0 Å². The predicted molar refractivity (Wildman–Crippen MR) is 78.9 cm³/mol. The van der Waals surface area contributed by atoms with E-state index in [4.69, 9.17) is 10.9 Å². The van der Waals surface area contributed by atoms with E-state index in [2.05, 4.69) is 15.4 Å². The van der Waals surface area contributed by atoms with Crippen LogP contribution in [0.2, 0.25) is 0 Å². The SMILES string of the molecule is NNC(=O)Cc1ccc(CCc2cnc(C(=O)O)cn2)cc1. The molecule has 0 atom stereocenters. The molecule has 0 fully saturated rings. The highest BCUT2D eigenvalue weighted by atomic mass is 16.4. The Balaban J connectivity index is 1.91. The van der Waals surface area contributed by atoms with Crippen LogP contribution >= 0.6 is 0 Å². The molecule has 0 radical (unpaired) electrons. The van der Waals surface area contributed by atoms with Crippen LogP contribution in [0.5, 0.6) is 0 Å². The number of hydrazine groups is 1. The first kappa shape index (κ1) is 15.6. The second-order valence-electron chi connectivity index (χ2n) is 4.76. The van der Waals surface area contributed by atoms with Crippen LogP contribution in [0.25, 0.3) is 0 Å². The van der Waals surface area contributed by atoms with Gasteiger partial charge in [-0.25, -0.2) is 15.6 Å². The maximum absolute atomic E-state index is 11.2. The predicted octanol–water partition coefficient (Wildman–Crippen LogP) is 0.492. The van der Waals surface area contributed by atoms with Crippen molar-refractivity contribution in [1.82, 2.24) is 15.4 Å². The maximum Gasteiger partial charge on any atom is 0.356 e. The molecule has 0 bridgehead atoms. The van der Waals surface area contributed by atoms with Gasteiger partial charge in [0.05, 0.1) is 18.3 Å². The number of hydrogen-bond donors (Lipinski definition) is 3. The van der Waals surface area contributed by atoms with Gasteiger partial charge >= 0.3 is 5.97 Å². The minimum Gasteiger partial charge on any atom is -0.476 e. The Morgan fingerprint density at radius 2 is 1.73 bits per heavy atom. The average Bonchev–Trinajstić information content (AvgIpc) is 2.54. The maximum atomic E-state index is 11.2. The Morgan fingerprint density at radius 3 is 2.27 bits per heavy atom. The molecule has 1 heterocycles. The van der Waals surface area contributed by atoms with Gasteiger partial charge in [-0.15, -0.1) is 0 Å². The number of carbonyl (C=O) groups is 2. The average molecular weight is 300 g/mol. The quantitative estimate of drug-likeness (QED) is 0.406. The first-order chi connectivity index (χ1) is 10.6.